The highest BCUT2D eigenvalue weighted by atomic mass is 79.9. The average Bonchev–Trinajstić information content (AvgIpc) is 2.18. The average molecular weight is 313 g/mol. The maximum Gasteiger partial charge on any atom is 0.148 e. The van der Waals surface area contributed by atoms with Crippen LogP contribution in [0, 0.1) is 11.8 Å². The van der Waals surface area contributed by atoms with E-state index in [0.717, 1.165) is 6.54 Å². The predicted octanol–water partition coefficient (Wildman–Crippen LogP) is 1.87. The summed E-state index contributed by atoms with van der Waals surface area (Å²) in [5.41, 5.74) is 0. The molecule has 2 nitrogen and oxygen atoms in total. The molecule has 3 aliphatic rings. The third-order valence-electron chi connectivity index (χ3n) is 3.20. The molecule has 1 atom stereocenters. The number of hydrogen-bond acceptors (Lipinski definition) is 2. The first-order valence-corrected chi connectivity index (χ1v) is 5.74. The molecule has 3 rings (SSSR count). The summed E-state index contributed by atoms with van der Waals surface area (Å²) in [5.74, 6) is 1.44. The zero-order chi connectivity index (χ0) is 8.55. The molecule has 0 radical (unpaired) electrons. The van der Waals surface area contributed by atoms with Crippen LogP contribution >= 0.6 is 32.9 Å². The van der Waals surface area contributed by atoms with E-state index in [4.69, 9.17) is 0 Å². The minimum Gasteiger partial charge on any atom is -0.303 e. The molecule has 0 aliphatic carbocycles. The van der Waals surface area contributed by atoms with Crippen LogP contribution in [0.25, 0.3) is 0 Å². The van der Waals surface area contributed by atoms with Crippen LogP contribution in [0.15, 0.2) is 0 Å². The molecule has 13 heavy (non-hydrogen) atoms. The highest BCUT2D eigenvalue weighted by molar-refractivity contribution is 9.09. The van der Waals surface area contributed by atoms with Gasteiger partial charge in [0.2, 0.25) is 0 Å². The molecule has 4 heteroatoms. The Hall–Kier alpha value is 0.590. The predicted molar refractivity (Wildman–Crippen MR) is 61.8 cm³/mol. The summed E-state index contributed by atoms with van der Waals surface area (Å²) in [6, 6.07) is 0. The van der Waals surface area contributed by atoms with Gasteiger partial charge in [0, 0.05) is 12.5 Å². The van der Waals surface area contributed by atoms with E-state index in [2.05, 4.69) is 20.8 Å². The quantitative estimate of drug-likeness (QED) is 0.726. The Bertz CT molecular complexity index is 190. The number of rotatable bonds is 2. The lowest BCUT2D eigenvalue weighted by Crippen LogP contribution is -2.50. The van der Waals surface area contributed by atoms with Crippen LogP contribution in [0.2, 0.25) is 0 Å². The number of carbonyl (C=O) groups is 1. The van der Waals surface area contributed by atoms with Crippen molar-refractivity contribution >= 4 is 38.7 Å². The molecular weight excluding hydrogens is 298 g/mol. The number of halogens is 2. The van der Waals surface area contributed by atoms with Crippen LogP contribution in [0.3, 0.4) is 0 Å². The van der Waals surface area contributed by atoms with Gasteiger partial charge in [-0.05, 0) is 31.8 Å². The highest BCUT2D eigenvalue weighted by Crippen LogP contribution is 2.32. The molecule has 3 heterocycles. The maximum atomic E-state index is 11.5. The summed E-state index contributed by atoms with van der Waals surface area (Å²) in [5, 5.41) is 0.544. The minimum absolute atomic E-state index is 0. The fourth-order valence-electron chi connectivity index (χ4n) is 2.43. The second-order valence-electron chi connectivity index (χ2n) is 3.84. The molecule has 0 saturated carbocycles. The molecule has 0 aromatic rings. The fourth-order valence-corrected chi connectivity index (χ4v) is 2.84. The zero-order valence-electron chi connectivity index (χ0n) is 7.54. The van der Waals surface area contributed by atoms with E-state index in [9.17, 15) is 4.79 Å². The van der Waals surface area contributed by atoms with Crippen LogP contribution in [-0.2, 0) is 4.79 Å². The largest absolute Gasteiger partial charge is 0.303 e. The van der Waals surface area contributed by atoms with E-state index in [0.29, 0.717) is 22.9 Å². The van der Waals surface area contributed by atoms with Crippen LogP contribution in [0.1, 0.15) is 12.8 Å². The molecule has 3 fully saturated rings. The number of fused-ring (bicyclic) bond motifs is 3. The molecule has 0 aromatic heterocycles. The molecular formula is C9H15Br2NO. The van der Waals surface area contributed by atoms with Gasteiger partial charge in [0.15, 0.2) is 0 Å². The molecule has 2 bridgehead atoms. The van der Waals surface area contributed by atoms with E-state index in [-0.39, 0.29) is 17.0 Å². The van der Waals surface area contributed by atoms with E-state index >= 15 is 0 Å². The Morgan fingerprint density at radius 3 is 2.38 bits per heavy atom. The first-order chi connectivity index (χ1) is 5.81. The molecule has 0 spiro atoms. The van der Waals surface area contributed by atoms with Gasteiger partial charge in [-0.1, -0.05) is 15.9 Å². The van der Waals surface area contributed by atoms with Crippen molar-refractivity contribution in [3.8, 4) is 0 Å². The van der Waals surface area contributed by atoms with Crippen molar-refractivity contribution in [1.82, 2.24) is 4.90 Å². The van der Waals surface area contributed by atoms with Gasteiger partial charge in [-0.25, -0.2) is 0 Å². The lowest BCUT2D eigenvalue weighted by molar-refractivity contribution is -0.126. The summed E-state index contributed by atoms with van der Waals surface area (Å²) >= 11 is 3.25. The number of hydrogen-bond donors (Lipinski definition) is 0. The van der Waals surface area contributed by atoms with E-state index in [1.165, 1.54) is 25.9 Å². The molecule has 0 amide bonds. The first kappa shape index (κ1) is 11.7. The number of piperidine rings is 3. The Kier molecular flexibility index (Phi) is 4.39. The Balaban J connectivity index is 0.000000845. The van der Waals surface area contributed by atoms with Crippen molar-refractivity contribution in [3.05, 3.63) is 0 Å². The summed E-state index contributed by atoms with van der Waals surface area (Å²) < 4.78 is 0. The van der Waals surface area contributed by atoms with Crippen molar-refractivity contribution in [2.75, 3.05) is 25.0 Å². The van der Waals surface area contributed by atoms with E-state index in [1.807, 2.05) is 0 Å². The summed E-state index contributed by atoms with van der Waals surface area (Å²) in [4.78, 5) is 13.9. The van der Waals surface area contributed by atoms with Gasteiger partial charge in [-0.2, -0.15) is 0 Å². The molecule has 76 valence electrons. The Morgan fingerprint density at radius 2 is 2.00 bits per heavy atom. The normalized spacial score (nSPS) is 36.8. The van der Waals surface area contributed by atoms with Gasteiger partial charge < -0.3 is 4.90 Å². The second kappa shape index (κ2) is 4.89. The standard InChI is InChI=1S/C9H14BrNO.BrH/c10-5-9(12)8-6-11-3-1-7(8)2-4-11;/h7-8H,1-6H2;1H. The fraction of sp³-hybridized carbons (Fsp3) is 0.889. The Morgan fingerprint density at radius 1 is 1.38 bits per heavy atom. The van der Waals surface area contributed by atoms with Crippen molar-refractivity contribution in [2.45, 2.75) is 12.8 Å². The van der Waals surface area contributed by atoms with E-state index in [1.54, 1.807) is 0 Å². The summed E-state index contributed by atoms with van der Waals surface area (Å²) in [6.45, 7) is 3.46. The Labute approximate surface area is 97.9 Å². The lowest BCUT2D eigenvalue weighted by atomic mass is 9.77. The van der Waals surface area contributed by atoms with Crippen molar-refractivity contribution in [3.63, 3.8) is 0 Å². The van der Waals surface area contributed by atoms with Gasteiger partial charge in [-0.3, -0.25) is 4.79 Å². The summed E-state index contributed by atoms with van der Waals surface area (Å²) in [6.07, 6.45) is 2.48. The number of Topliss-reactive ketones (excluding diaryl/α,β-unsaturated/α-hetero) is 1. The minimum atomic E-state index is 0. The number of ketones is 1. The molecule has 3 saturated heterocycles. The van der Waals surface area contributed by atoms with Crippen molar-refractivity contribution < 1.29 is 4.79 Å². The molecule has 0 N–H and O–H groups in total. The zero-order valence-corrected chi connectivity index (χ0v) is 10.8. The third-order valence-corrected chi connectivity index (χ3v) is 3.75. The van der Waals surface area contributed by atoms with Gasteiger partial charge >= 0.3 is 0 Å². The van der Waals surface area contributed by atoms with Gasteiger partial charge in [-0.15, -0.1) is 17.0 Å². The number of alkyl halides is 1. The SMILES string of the molecule is Br.O=C(CBr)C1CN2CCC1CC2. The first-order valence-electron chi connectivity index (χ1n) is 4.62. The third kappa shape index (κ3) is 2.34. The van der Waals surface area contributed by atoms with E-state index < -0.39 is 0 Å². The lowest BCUT2D eigenvalue weighted by Gasteiger charge is -2.43. The molecule has 1 unspecified atom stereocenters. The van der Waals surface area contributed by atoms with Gasteiger partial charge in [0.25, 0.3) is 0 Å². The topological polar surface area (TPSA) is 20.3 Å². The number of carbonyl (C=O) groups excluding carboxylic acids is 1. The maximum absolute atomic E-state index is 11.5. The van der Waals surface area contributed by atoms with Crippen LogP contribution in [0.4, 0.5) is 0 Å². The van der Waals surface area contributed by atoms with Gasteiger partial charge in [0.1, 0.15) is 5.78 Å². The number of nitrogens with zero attached hydrogens (tertiary/aromatic N) is 1. The highest BCUT2D eigenvalue weighted by Gasteiger charge is 2.37. The summed E-state index contributed by atoms with van der Waals surface area (Å²) in [7, 11) is 0. The van der Waals surface area contributed by atoms with Crippen LogP contribution in [0.5, 0.6) is 0 Å². The smallest absolute Gasteiger partial charge is 0.148 e. The van der Waals surface area contributed by atoms with Gasteiger partial charge in [0.05, 0.1) is 5.33 Å². The van der Waals surface area contributed by atoms with Crippen molar-refractivity contribution in [1.29, 1.82) is 0 Å². The van der Waals surface area contributed by atoms with Crippen LogP contribution in [-0.4, -0.2) is 35.6 Å². The monoisotopic (exact) mass is 311 g/mol. The molecule has 3 aliphatic heterocycles. The molecule has 0 aromatic carbocycles. The van der Waals surface area contributed by atoms with Crippen LogP contribution < -0.4 is 0 Å². The second-order valence-corrected chi connectivity index (χ2v) is 4.41. The van der Waals surface area contributed by atoms with Crippen molar-refractivity contribution in [2.24, 2.45) is 11.8 Å².